The van der Waals surface area contributed by atoms with Gasteiger partial charge in [-0.1, -0.05) is 47.5 Å². The minimum Gasteiger partial charge on any atom is -0.488 e. The fourth-order valence-electron chi connectivity index (χ4n) is 7.60. The number of rotatable bonds is 13. The summed E-state index contributed by atoms with van der Waals surface area (Å²) in [6, 6.07) is 33.4. The zero-order valence-corrected chi connectivity index (χ0v) is 39.7. The fraction of sp³-hybridized carbons (Fsp3) is 0.148. The Bertz CT molecular complexity index is 3290. The number of aryl methyl sites for hydroxylation is 2. The maximum absolute atomic E-state index is 13.6. The molecule has 0 saturated carbocycles. The van der Waals surface area contributed by atoms with Gasteiger partial charge in [0.25, 0.3) is 0 Å². The summed E-state index contributed by atoms with van der Waals surface area (Å²) >= 11 is 12.2. The predicted octanol–water partition coefficient (Wildman–Crippen LogP) is 15.6. The fourth-order valence-corrected chi connectivity index (χ4v) is 8.04. The van der Waals surface area contributed by atoms with Crippen molar-refractivity contribution in [1.29, 1.82) is 0 Å². The van der Waals surface area contributed by atoms with Crippen LogP contribution in [0.4, 0.5) is 35.1 Å². The lowest BCUT2D eigenvalue weighted by Crippen LogP contribution is -2.08. The molecule has 0 fully saturated rings. The molecule has 8 aromatic rings. The number of carbonyl (C=O) groups excluding carboxylic acids is 1. The van der Waals surface area contributed by atoms with Crippen molar-refractivity contribution in [3.05, 3.63) is 212 Å². The Morgan fingerprint density at radius 2 is 0.986 bits per heavy atom. The Hall–Kier alpha value is -7.56. The van der Waals surface area contributed by atoms with E-state index in [9.17, 15) is 49.8 Å². The van der Waals surface area contributed by atoms with Crippen LogP contribution < -0.4 is 9.47 Å². The number of hydrogen-bond donors (Lipinski definition) is 1. The van der Waals surface area contributed by atoms with E-state index in [1.54, 1.807) is 90.6 Å². The molecule has 0 bridgehead atoms. The molecule has 0 aliphatic rings. The average Bonchev–Trinajstić information content (AvgIpc) is 3.92. The number of aromatic nitrogens is 2. The Balaban J connectivity index is 0.000000212. The van der Waals surface area contributed by atoms with E-state index >= 15 is 0 Å². The molecule has 8 nitrogen and oxygen atoms in total. The summed E-state index contributed by atoms with van der Waals surface area (Å²) in [5.74, 6) is -2.35. The molecule has 1 N–H and O–H groups in total. The van der Waals surface area contributed by atoms with Crippen LogP contribution in [0.15, 0.2) is 146 Å². The third-order valence-corrected chi connectivity index (χ3v) is 11.8. The molecular formula is C54H40Cl2F8N2O6. The molecule has 6 aromatic carbocycles. The monoisotopic (exact) mass is 1030 g/mol. The van der Waals surface area contributed by atoms with Gasteiger partial charge in [-0.15, -0.1) is 0 Å². The second-order valence-electron chi connectivity index (χ2n) is 16.0. The number of benzene rings is 6. The maximum Gasteiger partial charge on any atom is 0.416 e. The van der Waals surface area contributed by atoms with Crippen LogP contribution in [0.25, 0.3) is 33.9 Å². The minimum absolute atomic E-state index is 0.0352. The molecule has 2 heterocycles. The number of hydrogen-bond acceptors (Lipinski definition) is 5. The number of carbonyl (C=O) groups is 2. The number of carboxylic acid groups (broad SMARTS) is 1. The molecule has 8 rings (SSSR count). The highest BCUT2D eigenvalue weighted by Gasteiger charge is 2.33. The molecule has 0 radical (unpaired) electrons. The smallest absolute Gasteiger partial charge is 0.416 e. The number of carboxylic acids is 1. The van der Waals surface area contributed by atoms with E-state index in [1.807, 2.05) is 0 Å². The Labute approximate surface area is 417 Å². The standard InChI is InChI=1S/C28H22ClF4NO3.C26H18ClF4NO3/c1-3-36-27(35)18-5-4-6-22(13-18)34-17(2)7-11-25(34)23-14-20(28(31,32)33)9-12-26(23)37-16-19-8-10-21(30)15-24(19)29;1-15-5-9-23(32(15)20-4-2-3-16(11-20)25(33)34)21-12-18(26(29,30)31)7-10-24(21)35-14-17-6-8-19(28)13-22(17)27/h4-15H,3,16H2,1-2H3;2-13H,14H2,1H3,(H,33,34). The number of esters is 1. The van der Waals surface area contributed by atoms with Crippen LogP contribution in [0.2, 0.25) is 10.0 Å². The van der Waals surface area contributed by atoms with Crippen molar-refractivity contribution < 1.29 is 64.0 Å². The Kier molecular flexibility index (Phi) is 15.8. The van der Waals surface area contributed by atoms with Crippen molar-refractivity contribution in [1.82, 2.24) is 9.13 Å². The lowest BCUT2D eigenvalue weighted by molar-refractivity contribution is -0.138. The number of halogens is 10. The van der Waals surface area contributed by atoms with Gasteiger partial charge in [0.2, 0.25) is 0 Å². The molecule has 0 saturated heterocycles. The summed E-state index contributed by atoms with van der Waals surface area (Å²) in [5, 5.41) is 9.63. The maximum atomic E-state index is 13.6. The molecule has 0 aliphatic carbocycles. The highest BCUT2D eigenvalue weighted by Crippen LogP contribution is 2.41. The van der Waals surface area contributed by atoms with E-state index in [0.717, 1.165) is 42.1 Å². The van der Waals surface area contributed by atoms with Gasteiger partial charge < -0.3 is 28.5 Å². The first-order valence-corrected chi connectivity index (χ1v) is 22.4. The van der Waals surface area contributed by atoms with Gasteiger partial charge in [0, 0.05) is 45.0 Å². The number of nitrogens with zero attached hydrogens (tertiary/aromatic N) is 2. The normalized spacial score (nSPS) is 11.5. The molecule has 0 aliphatic heterocycles. The van der Waals surface area contributed by atoms with Gasteiger partial charge in [0.1, 0.15) is 36.3 Å². The van der Waals surface area contributed by atoms with E-state index < -0.39 is 47.1 Å². The molecule has 0 unspecified atom stereocenters. The van der Waals surface area contributed by atoms with E-state index in [0.29, 0.717) is 45.1 Å². The SMILES string of the molecule is CCOC(=O)c1cccc(-n2c(C)ccc2-c2cc(C(F)(F)F)ccc2OCc2ccc(F)cc2Cl)c1.Cc1ccc(-c2cc(C(F)(F)F)ccc2OCc2ccc(F)cc2Cl)n1-c1cccc(C(=O)O)c1. The van der Waals surface area contributed by atoms with Crippen LogP contribution in [0.5, 0.6) is 11.5 Å². The first-order valence-electron chi connectivity index (χ1n) is 21.7. The van der Waals surface area contributed by atoms with Crippen LogP contribution >= 0.6 is 23.2 Å². The number of alkyl halides is 6. The van der Waals surface area contributed by atoms with Gasteiger partial charge in [-0.2, -0.15) is 26.3 Å². The van der Waals surface area contributed by atoms with Gasteiger partial charge in [0.15, 0.2) is 0 Å². The molecule has 372 valence electrons. The topological polar surface area (TPSA) is 91.9 Å². The number of aromatic carboxylic acids is 1. The van der Waals surface area contributed by atoms with Crippen molar-refractivity contribution in [2.24, 2.45) is 0 Å². The van der Waals surface area contributed by atoms with Gasteiger partial charge in [-0.05, 0) is 142 Å². The van der Waals surface area contributed by atoms with Crippen LogP contribution in [-0.4, -0.2) is 32.8 Å². The summed E-state index contributed by atoms with van der Waals surface area (Å²) in [6.45, 7) is 5.27. The van der Waals surface area contributed by atoms with Gasteiger partial charge >= 0.3 is 24.3 Å². The van der Waals surface area contributed by atoms with Crippen molar-refractivity contribution in [3.63, 3.8) is 0 Å². The van der Waals surface area contributed by atoms with Gasteiger partial charge in [-0.25, -0.2) is 18.4 Å². The molecule has 0 amide bonds. The van der Waals surface area contributed by atoms with Crippen LogP contribution in [0.1, 0.15) is 61.3 Å². The molecule has 2 aromatic heterocycles. The highest BCUT2D eigenvalue weighted by molar-refractivity contribution is 6.31. The first kappa shape index (κ1) is 52.3. The molecular weight excluding hydrogens is 995 g/mol. The average molecular weight is 1040 g/mol. The second kappa shape index (κ2) is 21.8. The zero-order valence-electron chi connectivity index (χ0n) is 38.1. The molecule has 18 heteroatoms. The molecule has 0 spiro atoms. The third-order valence-electron chi connectivity index (χ3n) is 11.1. The Morgan fingerprint density at radius 3 is 1.39 bits per heavy atom. The first-order chi connectivity index (χ1) is 34.1. The quantitative estimate of drug-likeness (QED) is 0.0914. The van der Waals surface area contributed by atoms with Crippen LogP contribution in [0.3, 0.4) is 0 Å². The summed E-state index contributed by atoms with van der Waals surface area (Å²) in [6.07, 6.45) is -9.17. The van der Waals surface area contributed by atoms with Crippen molar-refractivity contribution in [3.8, 4) is 45.4 Å². The Morgan fingerprint density at radius 1 is 0.556 bits per heavy atom. The summed E-state index contributed by atoms with van der Waals surface area (Å²) in [7, 11) is 0. The largest absolute Gasteiger partial charge is 0.488 e. The minimum atomic E-state index is -4.59. The van der Waals surface area contributed by atoms with Crippen molar-refractivity contribution in [2.75, 3.05) is 6.61 Å². The highest BCUT2D eigenvalue weighted by atomic mass is 35.5. The second-order valence-corrected chi connectivity index (χ2v) is 16.8. The van der Waals surface area contributed by atoms with Crippen molar-refractivity contribution >= 4 is 35.1 Å². The summed E-state index contributed by atoms with van der Waals surface area (Å²) in [5.41, 5.74) is 3.11. The van der Waals surface area contributed by atoms with E-state index in [4.69, 9.17) is 37.4 Å². The molecule has 72 heavy (non-hydrogen) atoms. The van der Waals surface area contributed by atoms with E-state index in [2.05, 4.69) is 0 Å². The lowest BCUT2D eigenvalue weighted by Gasteiger charge is -2.18. The van der Waals surface area contributed by atoms with Crippen LogP contribution in [0, 0.1) is 25.5 Å². The van der Waals surface area contributed by atoms with E-state index in [1.165, 1.54) is 48.5 Å². The van der Waals surface area contributed by atoms with Crippen molar-refractivity contribution in [2.45, 2.75) is 46.3 Å². The summed E-state index contributed by atoms with van der Waals surface area (Å²) in [4.78, 5) is 23.7. The van der Waals surface area contributed by atoms with E-state index in [-0.39, 0.29) is 58.1 Å². The molecule has 0 atom stereocenters. The summed E-state index contributed by atoms with van der Waals surface area (Å²) < 4.78 is 129. The number of ether oxygens (including phenoxy) is 3. The lowest BCUT2D eigenvalue weighted by atomic mass is 10.1. The third kappa shape index (κ3) is 12.1. The van der Waals surface area contributed by atoms with Crippen LogP contribution in [-0.2, 0) is 30.3 Å². The zero-order chi connectivity index (χ0) is 52.1. The van der Waals surface area contributed by atoms with Gasteiger partial charge in [-0.3, -0.25) is 0 Å². The van der Waals surface area contributed by atoms with Gasteiger partial charge in [0.05, 0.1) is 50.3 Å². The predicted molar refractivity (Wildman–Crippen MR) is 256 cm³/mol.